The Morgan fingerprint density at radius 2 is 1.47 bits per heavy atom. The molecule has 0 radical (unpaired) electrons. The lowest BCUT2D eigenvalue weighted by molar-refractivity contribution is 0.527. The molecule has 2 aromatic heterocycles. The molecule has 346 valence electrons. The maximum absolute atomic E-state index is 4.96. The van der Waals surface area contributed by atoms with Gasteiger partial charge in [-0.15, -0.1) is 22.7 Å². The van der Waals surface area contributed by atoms with Gasteiger partial charge >= 0.3 is 0 Å². The molecule has 3 unspecified atom stereocenters. The van der Waals surface area contributed by atoms with Gasteiger partial charge in [0.1, 0.15) is 10.0 Å². The third kappa shape index (κ3) is 9.72. The molecule has 4 nitrogen and oxygen atoms in total. The zero-order chi connectivity index (χ0) is 47.2. The molecular formula is C64H58N4S2. The highest BCUT2D eigenvalue weighted by Crippen LogP contribution is 2.41. The largest absolute Gasteiger partial charge is 0.338 e. The second-order valence-electron chi connectivity index (χ2n) is 18.5. The molecule has 70 heavy (non-hydrogen) atoms. The highest BCUT2D eigenvalue weighted by molar-refractivity contribution is 7.18. The van der Waals surface area contributed by atoms with Crippen LogP contribution < -0.4 is 9.80 Å². The van der Waals surface area contributed by atoms with Gasteiger partial charge in [-0.2, -0.15) is 0 Å². The van der Waals surface area contributed by atoms with E-state index < -0.39 is 0 Å². The lowest BCUT2D eigenvalue weighted by Crippen LogP contribution is -2.35. The van der Waals surface area contributed by atoms with Crippen LogP contribution in [0, 0.1) is 5.92 Å². The van der Waals surface area contributed by atoms with Crippen LogP contribution in [0.25, 0.3) is 49.6 Å². The molecule has 6 heteroatoms. The van der Waals surface area contributed by atoms with E-state index in [-0.39, 0.29) is 0 Å². The van der Waals surface area contributed by atoms with Crippen LogP contribution in [0.5, 0.6) is 0 Å². The number of aromatic nitrogens is 2. The molecule has 0 fully saturated rings. The molecule has 0 amide bonds. The van der Waals surface area contributed by atoms with Crippen LogP contribution in [0.3, 0.4) is 0 Å². The van der Waals surface area contributed by atoms with Gasteiger partial charge in [0.05, 0.1) is 26.8 Å². The van der Waals surface area contributed by atoms with Gasteiger partial charge in [0.25, 0.3) is 0 Å². The summed E-state index contributed by atoms with van der Waals surface area (Å²) >= 11 is 3.52. The van der Waals surface area contributed by atoms with E-state index in [1.165, 1.54) is 66.0 Å². The first-order valence-corrected chi connectivity index (χ1v) is 26.6. The van der Waals surface area contributed by atoms with E-state index in [2.05, 4.69) is 205 Å². The second-order valence-corrected chi connectivity index (χ2v) is 20.6. The van der Waals surface area contributed by atoms with Crippen molar-refractivity contribution in [2.24, 2.45) is 5.92 Å². The Kier molecular flexibility index (Phi) is 13.5. The third-order valence-electron chi connectivity index (χ3n) is 14.1. The van der Waals surface area contributed by atoms with Crippen LogP contribution >= 0.6 is 22.7 Å². The molecule has 0 spiro atoms. The Bertz CT molecular complexity index is 3210. The van der Waals surface area contributed by atoms with E-state index in [0.29, 0.717) is 17.9 Å². The molecule has 5 aliphatic carbocycles. The molecule has 6 aromatic rings. The van der Waals surface area contributed by atoms with E-state index in [1.807, 2.05) is 36.5 Å². The standard InChI is InChI=1S/C64H58N4S2/c1-3-14-59-61(4-2)69-63(65-59)51-27-23-46(24-28-51)45-15-13-20-55(38-31-45)67(53-16-7-5-8-17-53)56-39-34-49(35-40-56)50-36-43-58(44-37-50)68(54-18-9-6-10-19-54)57-41-32-48(33-42-57)47-25-29-52(30-26-47)64-66-60-21-11-12-22-62(60)70-64/h3-7,9-12,14-16,18,20-29,31,34-41,43-44,48,52,54H,2,8,13,17,19,30,32-33,42H2,1H3/b14-3-. The number of rotatable bonds is 13. The summed E-state index contributed by atoms with van der Waals surface area (Å²) in [5.41, 5.74) is 15.9. The van der Waals surface area contributed by atoms with Crippen LogP contribution in [-0.2, 0) is 0 Å². The number of thiazole rings is 2. The van der Waals surface area contributed by atoms with Crippen LogP contribution in [0.15, 0.2) is 224 Å². The summed E-state index contributed by atoms with van der Waals surface area (Å²) in [6.07, 6.45) is 49.0. The van der Waals surface area contributed by atoms with Crippen molar-refractivity contribution in [2.45, 2.75) is 70.3 Å². The van der Waals surface area contributed by atoms with Gasteiger partial charge in [-0.1, -0.05) is 152 Å². The summed E-state index contributed by atoms with van der Waals surface area (Å²) in [6.45, 7) is 6.02. The summed E-state index contributed by atoms with van der Waals surface area (Å²) < 4.78 is 1.28. The van der Waals surface area contributed by atoms with Crippen molar-refractivity contribution in [2.75, 3.05) is 9.80 Å². The number of hydrogen-bond acceptors (Lipinski definition) is 6. The molecule has 0 bridgehead atoms. The predicted molar refractivity (Wildman–Crippen MR) is 302 cm³/mol. The van der Waals surface area contributed by atoms with Gasteiger partial charge in [-0.25, -0.2) is 9.97 Å². The van der Waals surface area contributed by atoms with E-state index in [4.69, 9.17) is 9.97 Å². The Hall–Kier alpha value is -7.12. The maximum atomic E-state index is 4.96. The van der Waals surface area contributed by atoms with Crippen molar-refractivity contribution in [3.63, 3.8) is 0 Å². The lowest BCUT2D eigenvalue weighted by Gasteiger charge is -2.37. The highest BCUT2D eigenvalue weighted by Gasteiger charge is 2.27. The number of nitrogens with zero attached hydrogens (tertiary/aromatic N) is 4. The summed E-state index contributed by atoms with van der Waals surface area (Å²) in [5, 5.41) is 2.24. The van der Waals surface area contributed by atoms with E-state index in [1.54, 1.807) is 11.3 Å². The summed E-state index contributed by atoms with van der Waals surface area (Å²) in [4.78, 5) is 16.0. The number of allylic oxidation sites excluding steroid dienone is 18. The zero-order valence-corrected chi connectivity index (χ0v) is 41.5. The smallest absolute Gasteiger partial charge is 0.124 e. The Morgan fingerprint density at radius 3 is 2.17 bits per heavy atom. The topological polar surface area (TPSA) is 32.3 Å². The van der Waals surface area contributed by atoms with Crippen molar-refractivity contribution in [3.8, 4) is 21.7 Å². The minimum atomic E-state index is 0.299. The van der Waals surface area contributed by atoms with E-state index >= 15 is 0 Å². The zero-order valence-electron chi connectivity index (χ0n) is 39.8. The molecule has 4 aromatic carbocycles. The number of anilines is 2. The number of hydrogen-bond donors (Lipinski definition) is 0. The molecule has 0 saturated heterocycles. The molecule has 0 N–H and O–H groups in total. The fraction of sp³-hybridized carbons (Fsp3) is 0.188. The van der Waals surface area contributed by atoms with Crippen LogP contribution in [0.1, 0.15) is 85.4 Å². The van der Waals surface area contributed by atoms with Gasteiger partial charge < -0.3 is 9.80 Å². The minimum absolute atomic E-state index is 0.299. The molecule has 3 atom stereocenters. The lowest BCUT2D eigenvalue weighted by atomic mass is 9.82. The molecule has 11 rings (SSSR count). The van der Waals surface area contributed by atoms with Gasteiger partial charge in [0.15, 0.2) is 0 Å². The predicted octanol–water partition coefficient (Wildman–Crippen LogP) is 17.8. The summed E-state index contributed by atoms with van der Waals surface area (Å²) in [7, 11) is 0. The van der Waals surface area contributed by atoms with Crippen LogP contribution in [0.4, 0.5) is 11.4 Å². The Labute approximate surface area is 421 Å². The quantitative estimate of drug-likeness (QED) is 0.115. The molecule has 0 saturated carbocycles. The van der Waals surface area contributed by atoms with Gasteiger partial charge in [0, 0.05) is 39.9 Å². The monoisotopic (exact) mass is 946 g/mol. The average Bonchev–Trinajstić information content (AvgIpc) is 3.97. The fourth-order valence-corrected chi connectivity index (χ4v) is 12.4. The van der Waals surface area contributed by atoms with E-state index in [0.717, 1.165) is 78.0 Å². The number of para-hydroxylation sites is 1. The first-order valence-electron chi connectivity index (χ1n) is 25.0. The maximum Gasteiger partial charge on any atom is 0.124 e. The summed E-state index contributed by atoms with van der Waals surface area (Å²) in [5.74, 6) is 0.924. The number of fused-ring (bicyclic) bond motifs is 1. The molecule has 0 aliphatic heterocycles. The van der Waals surface area contributed by atoms with Gasteiger partial charge in [0.2, 0.25) is 0 Å². The van der Waals surface area contributed by atoms with Crippen LogP contribution in [-0.4, -0.2) is 16.0 Å². The minimum Gasteiger partial charge on any atom is -0.338 e. The van der Waals surface area contributed by atoms with Gasteiger partial charge in [-0.05, 0) is 153 Å². The molecular weight excluding hydrogens is 889 g/mol. The van der Waals surface area contributed by atoms with Crippen molar-refractivity contribution >= 4 is 62.0 Å². The first kappa shape index (κ1) is 45.3. The van der Waals surface area contributed by atoms with Crippen molar-refractivity contribution in [1.29, 1.82) is 0 Å². The SMILES string of the molecule is C=Cc1sc(-c2ccc(C3=CCC=C(N(C4=CC=CCC4)c4ccc(-c5ccc(N(C6=CCC(C7=CCC(c8nc9ccccc9s8)C=C7)CC6)C6C=CC=CC6)cc5)cc4)C=C3)cc2)nc1/C=C\C. The fourth-order valence-electron chi connectivity index (χ4n) is 10.4. The van der Waals surface area contributed by atoms with Gasteiger partial charge in [-0.3, -0.25) is 0 Å². The van der Waals surface area contributed by atoms with Crippen molar-refractivity contribution in [1.82, 2.24) is 9.97 Å². The van der Waals surface area contributed by atoms with E-state index in [9.17, 15) is 0 Å². The molecule has 5 aliphatic rings. The summed E-state index contributed by atoms with van der Waals surface area (Å²) in [6, 6.07) is 36.1. The Morgan fingerprint density at radius 1 is 0.671 bits per heavy atom. The van der Waals surface area contributed by atoms with Crippen molar-refractivity contribution < 1.29 is 0 Å². The van der Waals surface area contributed by atoms with Crippen molar-refractivity contribution in [3.05, 3.63) is 245 Å². The molecule has 2 heterocycles. The van der Waals surface area contributed by atoms with Crippen LogP contribution in [0.2, 0.25) is 0 Å². The second kappa shape index (κ2) is 20.9. The number of benzene rings is 4. The third-order valence-corrected chi connectivity index (χ3v) is 16.4. The Balaban J connectivity index is 0.780. The average molecular weight is 947 g/mol. The normalized spacial score (nSPS) is 19.9. The first-order chi connectivity index (χ1) is 34.6. The highest BCUT2D eigenvalue weighted by atomic mass is 32.1.